The van der Waals surface area contributed by atoms with Gasteiger partial charge < -0.3 is 14.6 Å². The van der Waals surface area contributed by atoms with Crippen LogP contribution in [0.15, 0.2) is 27.2 Å². The second kappa shape index (κ2) is 7.98. The van der Waals surface area contributed by atoms with E-state index in [1.165, 1.54) is 50.7 Å². The van der Waals surface area contributed by atoms with Crippen LogP contribution in [0.25, 0.3) is 11.4 Å². The van der Waals surface area contributed by atoms with Gasteiger partial charge in [-0.3, -0.25) is 0 Å². The van der Waals surface area contributed by atoms with Crippen LogP contribution in [0.2, 0.25) is 0 Å². The molecule has 4 saturated carbocycles. The highest BCUT2D eigenvalue weighted by molar-refractivity contribution is 9.10. The van der Waals surface area contributed by atoms with Crippen molar-refractivity contribution in [2.45, 2.75) is 57.0 Å². The van der Waals surface area contributed by atoms with Crippen LogP contribution >= 0.6 is 28.3 Å². The molecule has 0 atom stereocenters. The minimum absolute atomic E-state index is 0. The molecule has 2 aromatic rings. The Labute approximate surface area is 186 Å². The zero-order valence-electron chi connectivity index (χ0n) is 16.0. The molecule has 164 valence electrons. The number of hydrogen-bond acceptors (Lipinski definition) is 5. The average molecular weight is 509 g/mol. The predicted molar refractivity (Wildman–Crippen MR) is 109 cm³/mol. The van der Waals surface area contributed by atoms with E-state index in [2.05, 4.69) is 36.1 Å². The average Bonchev–Trinajstić information content (AvgIpc) is 3.06. The minimum Gasteiger partial charge on any atom is -0.405 e. The second-order valence-corrected chi connectivity index (χ2v) is 9.67. The van der Waals surface area contributed by atoms with Crippen molar-refractivity contribution in [1.29, 1.82) is 0 Å². The van der Waals surface area contributed by atoms with E-state index >= 15 is 0 Å². The van der Waals surface area contributed by atoms with Gasteiger partial charge in [-0.05, 0) is 74.5 Å². The van der Waals surface area contributed by atoms with Gasteiger partial charge in [-0.15, -0.1) is 25.6 Å². The van der Waals surface area contributed by atoms with Crippen molar-refractivity contribution in [1.82, 2.24) is 15.5 Å². The first-order valence-electron chi connectivity index (χ1n) is 9.90. The highest BCUT2D eigenvalue weighted by atomic mass is 79.9. The largest absolute Gasteiger partial charge is 0.573 e. The fraction of sp³-hybridized carbons (Fsp3) is 0.600. The fourth-order valence-electron chi connectivity index (χ4n) is 5.92. The number of hydrogen-bond donors (Lipinski definition) is 1. The van der Waals surface area contributed by atoms with Gasteiger partial charge in [0.15, 0.2) is 0 Å². The van der Waals surface area contributed by atoms with Crippen LogP contribution in [0.3, 0.4) is 0 Å². The normalized spacial score (nSPS) is 29.7. The molecule has 0 saturated heterocycles. The van der Waals surface area contributed by atoms with Gasteiger partial charge in [0.25, 0.3) is 0 Å². The molecule has 5 nitrogen and oxygen atoms in total. The summed E-state index contributed by atoms with van der Waals surface area (Å²) in [5.74, 6) is 2.54. The van der Waals surface area contributed by atoms with Crippen LogP contribution in [0.4, 0.5) is 13.2 Å². The summed E-state index contributed by atoms with van der Waals surface area (Å²) in [7, 11) is 0. The quantitative estimate of drug-likeness (QED) is 0.547. The molecule has 1 heterocycles. The van der Waals surface area contributed by atoms with Crippen molar-refractivity contribution in [2.75, 3.05) is 0 Å². The molecule has 1 aromatic carbocycles. The number of benzene rings is 1. The lowest BCUT2D eigenvalue weighted by atomic mass is 9.53. The lowest BCUT2D eigenvalue weighted by Crippen LogP contribution is -2.58. The minimum atomic E-state index is -4.80. The van der Waals surface area contributed by atoms with Crippen molar-refractivity contribution in [3.8, 4) is 17.1 Å². The van der Waals surface area contributed by atoms with Crippen LogP contribution in [0.5, 0.6) is 5.75 Å². The van der Waals surface area contributed by atoms with E-state index in [0.29, 0.717) is 16.9 Å². The number of rotatable bonds is 5. The molecule has 4 aliphatic carbocycles. The molecule has 1 aromatic heterocycles. The molecular weight excluding hydrogens is 487 g/mol. The number of nitrogens with one attached hydrogen (secondary N) is 1. The maximum atomic E-state index is 12.7. The Morgan fingerprint density at radius 1 is 1.13 bits per heavy atom. The van der Waals surface area contributed by atoms with E-state index < -0.39 is 6.36 Å². The Kier molecular flexibility index (Phi) is 5.83. The maximum absolute atomic E-state index is 12.7. The predicted octanol–water partition coefficient (Wildman–Crippen LogP) is 5.88. The molecule has 4 fully saturated rings. The molecule has 0 amide bonds. The standard InChI is InChI=1S/C20H21BrF3N3O2.ClH/c21-14-1-2-15(16(6-14)28-20(22,23)24)18-26-17(29-27-18)10-25-19-7-11-3-12(8-19)5-13(4-11)9-19;/h1-2,6,11-13,25H,3-5,7-10H2;1H. The van der Waals surface area contributed by atoms with Crippen molar-refractivity contribution in [3.63, 3.8) is 0 Å². The zero-order chi connectivity index (χ0) is 20.2. The molecule has 4 aliphatic rings. The third-order valence-corrected chi connectivity index (χ3v) is 7.02. The van der Waals surface area contributed by atoms with Gasteiger partial charge in [0.05, 0.1) is 12.1 Å². The van der Waals surface area contributed by atoms with Crippen LogP contribution in [-0.4, -0.2) is 22.0 Å². The highest BCUT2D eigenvalue weighted by Crippen LogP contribution is 2.55. The summed E-state index contributed by atoms with van der Waals surface area (Å²) in [6.07, 6.45) is 2.84. The summed E-state index contributed by atoms with van der Waals surface area (Å²) in [6, 6.07) is 4.33. The Bertz CT molecular complexity index is 886. The van der Waals surface area contributed by atoms with Crippen molar-refractivity contribution in [3.05, 3.63) is 28.6 Å². The zero-order valence-corrected chi connectivity index (χ0v) is 18.4. The first kappa shape index (κ1) is 21.9. The van der Waals surface area contributed by atoms with Gasteiger partial charge in [-0.2, -0.15) is 4.98 Å². The summed E-state index contributed by atoms with van der Waals surface area (Å²) in [5.41, 5.74) is 0.279. The number of aromatic nitrogens is 2. The first-order chi connectivity index (χ1) is 13.8. The molecule has 30 heavy (non-hydrogen) atoms. The fourth-order valence-corrected chi connectivity index (χ4v) is 6.26. The Morgan fingerprint density at radius 3 is 2.37 bits per heavy atom. The Hall–Kier alpha value is -1.32. The van der Waals surface area contributed by atoms with Crippen LogP contribution in [0.1, 0.15) is 44.4 Å². The summed E-state index contributed by atoms with van der Waals surface area (Å²) in [5, 5.41) is 7.54. The molecule has 0 aliphatic heterocycles. The van der Waals surface area contributed by atoms with E-state index in [0.717, 1.165) is 17.8 Å². The molecule has 0 radical (unpaired) electrons. The summed E-state index contributed by atoms with van der Waals surface area (Å²) < 4.78 is 48.2. The second-order valence-electron chi connectivity index (χ2n) is 8.75. The molecule has 1 N–H and O–H groups in total. The van der Waals surface area contributed by atoms with Gasteiger partial charge in [-0.25, -0.2) is 0 Å². The summed E-state index contributed by atoms with van der Waals surface area (Å²) >= 11 is 3.16. The SMILES string of the molecule is Cl.FC(F)(F)Oc1cc(Br)ccc1-c1noc(CNC23CC4CC(CC(C4)C2)C3)n1. The third-order valence-electron chi connectivity index (χ3n) is 6.53. The topological polar surface area (TPSA) is 60.2 Å². The lowest BCUT2D eigenvalue weighted by Gasteiger charge is -2.57. The Morgan fingerprint density at radius 2 is 1.77 bits per heavy atom. The monoisotopic (exact) mass is 507 g/mol. The van der Waals surface area contributed by atoms with Crippen LogP contribution in [0, 0.1) is 17.8 Å². The van der Waals surface area contributed by atoms with E-state index in [4.69, 9.17) is 4.52 Å². The van der Waals surface area contributed by atoms with Gasteiger partial charge in [0.2, 0.25) is 11.7 Å². The van der Waals surface area contributed by atoms with Gasteiger partial charge in [0.1, 0.15) is 5.75 Å². The smallest absolute Gasteiger partial charge is 0.405 e. The van der Waals surface area contributed by atoms with E-state index in [1.54, 1.807) is 6.07 Å². The molecule has 4 bridgehead atoms. The number of alkyl halides is 3. The lowest BCUT2D eigenvalue weighted by molar-refractivity contribution is -0.274. The van der Waals surface area contributed by atoms with Crippen LogP contribution in [-0.2, 0) is 6.54 Å². The maximum Gasteiger partial charge on any atom is 0.573 e. The van der Waals surface area contributed by atoms with Gasteiger partial charge >= 0.3 is 6.36 Å². The Balaban J connectivity index is 0.00000218. The molecular formula is C20H22BrClF3N3O2. The first-order valence-corrected chi connectivity index (χ1v) is 10.7. The van der Waals surface area contributed by atoms with Crippen molar-refractivity contribution < 1.29 is 22.4 Å². The van der Waals surface area contributed by atoms with Crippen LogP contribution < -0.4 is 10.1 Å². The van der Waals surface area contributed by atoms with E-state index in [9.17, 15) is 13.2 Å². The molecule has 10 heteroatoms. The van der Waals surface area contributed by atoms with E-state index in [1.807, 2.05) is 0 Å². The summed E-state index contributed by atoms with van der Waals surface area (Å²) in [6.45, 7) is 0.422. The van der Waals surface area contributed by atoms with Gasteiger partial charge in [-0.1, -0.05) is 21.1 Å². The molecule has 0 unspecified atom stereocenters. The molecule has 0 spiro atoms. The number of ether oxygens (including phenoxy) is 1. The van der Waals surface area contributed by atoms with Crippen molar-refractivity contribution >= 4 is 28.3 Å². The molecule has 6 rings (SSSR count). The van der Waals surface area contributed by atoms with Crippen molar-refractivity contribution in [2.24, 2.45) is 17.8 Å². The number of halogens is 5. The third kappa shape index (κ3) is 4.48. The van der Waals surface area contributed by atoms with Gasteiger partial charge in [0, 0.05) is 10.0 Å². The number of nitrogens with zero attached hydrogens (tertiary/aromatic N) is 2. The van der Waals surface area contributed by atoms with E-state index in [-0.39, 0.29) is 35.1 Å². The summed E-state index contributed by atoms with van der Waals surface area (Å²) in [4.78, 5) is 4.31. The highest BCUT2D eigenvalue weighted by Gasteiger charge is 2.50.